The Hall–Kier alpha value is -3.21. The number of anilines is 2. The molecule has 4 heteroatoms. The SMILES string of the molecule is Cc1cc(C2CCC(N3C(C)[C@H](C)N(c4ccccc4C)C3C3CCCCC3)C2)ccc1N1C(c2c(C)cccc2C)SC(c2ccccc2)[C@@H]1C. The summed E-state index contributed by atoms with van der Waals surface area (Å²) in [6.07, 6.45) is 11.3. The van der Waals surface area contributed by atoms with Gasteiger partial charge in [-0.2, -0.15) is 0 Å². The van der Waals surface area contributed by atoms with Gasteiger partial charge in [0.15, 0.2) is 0 Å². The van der Waals surface area contributed by atoms with Gasteiger partial charge in [-0.25, -0.2) is 0 Å². The van der Waals surface area contributed by atoms with Crippen LogP contribution in [0.1, 0.15) is 128 Å². The third kappa shape index (κ3) is 6.40. The molecule has 4 aliphatic rings. The van der Waals surface area contributed by atoms with E-state index in [1.54, 1.807) is 5.56 Å². The molecule has 8 atom stereocenters. The summed E-state index contributed by atoms with van der Waals surface area (Å²) in [4.78, 5) is 8.67. The summed E-state index contributed by atoms with van der Waals surface area (Å²) in [5.41, 5.74) is 13.0. The molecule has 274 valence electrons. The first-order chi connectivity index (χ1) is 25.2. The zero-order valence-electron chi connectivity index (χ0n) is 32.8. The van der Waals surface area contributed by atoms with Crippen molar-refractivity contribution >= 4 is 23.1 Å². The molecule has 3 nitrogen and oxygen atoms in total. The highest BCUT2D eigenvalue weighted by atomic mass is 32.2. The number of rotatable bonds is 7. The standard InChI is InChI=1S/C48H61N3S/c1-31-17-14-15-24-43(31)50-36(6)35(5)49(47(50)39-22-12-9-13-23-39)42-27-25-41(30-42)40-26-28-44(34(4)29-40)51-37(7)46(38-20-10-8-11-21-38)52-48(51)45-32(2)18-16-19-33(45)3/h8,10-11,14-21,24,26,28-29,35-37,39,41-42,46-48H,9,12-13,22-23,25,27,30H2,1-7H3/t35?,36-,37-,41?,42?,46?,47?,48?/m0/s1. The minimum absolute atomic E-state index is 0.286. The van der Waals surface area contributed by atoms with Crippen LogP contribution in [0.25, 0.3) is 0 Å². The number of aryl methyl sites for hydroxylation is 4. The molecule has 0 amide bonds. The van der Waals surface area contributed by atoms with Crippen LogP contribution in [0.3, 0.4) is 0 Å². The molecule has 2 aliphatic carbocycles. The van der Waals surface area contributed by atoms with Gasteiger partial charge < -0.3 is 9.80 Å². The predicted molar refractivity (Wildman–Crippen MR) is 224 cm³/mol. The molecule has 0 bridgehead atoms. The van der Waals surface area contributed by atoms with E-state index in [2.05, 4.69) is 166 Å². The number of thioether (sulfide) groups is 1. The molecule has 0 radical (unpaired) electrons. The predicted octanol–water partition coefficient (Wildman–Crippen LogP) is 12.4. The highest BCUT2D eigenvalue weighted by molar-refractivity contribution is 8.00. The van der Waals surface area contributed by atoms with Gasteiger partial charge in [-0.3, -0.25) is 4.90 Å². The van der Waals surface area contributed by atoms with Crippen LogP contribution in [0.15, 0.2) is 91.0 Å². The number of nitrogens with zero attached hydrogens (tertiary/aromatic N) is 3. The lowest BCUT2D eigenvalue weighted by molar-refractivity contribution is 0.0846. The molecule has 0 aromatic heterocycles. The van der Waals surface area contributed by atoms with Gasteiger partial charge in [-0.05, 0) is 143 Å². The summed E-state index contributed by atoms with van der Waals surface area (Å²) < 4.78 is 0. The van der Waals surface area contributed by atoms with Crippen molar-refractivity contribution in [3.63, 3.8) is 0 Å². The summed E-state index contributed by atoms with van der Waals surface area (Å²) >= 11 is 2.14. The Morgan fingerprint density at radius 3 is 1.94 bits per heavy atom. The van der Waals surface area contributed by atoms with Gasteiger partial charge in [0.05, 0.1) is 11.4 Å². The van der Waals surface area contributed by atoms with E-state index in [-0.39, 0.29) is 5.37 Å². The van der Waals surface area contributed by atoms with Gasteiger partial charge in [-0.1, -0.05) is 98.1 Å². The molecule has 8 rings (SSSR count). The second-order valence-corrected chi connectivity index (χ2v) is 18.1. The fourth-order valence-electron chi connectivity index (χ4n) is 11.0. The molecule has 2 heterocycles. The van der Waals surface area contributed by atoms with Crippen LogP contribution in [-0.2, 0) is 0 Å². The van der Waals surface area contributed by atoms with Crippen molar-refractivity contribution in [2.24, 2.45) is 5.92 Å². The average molecular weight is 712 g/mol. The fourth-order valence-corrected chi connectivity index (χ4v) is 12.9. The molecule has 2 saturated carbocycles. The van der Waals surface area contributed by atoms with Gasteiger partial charge in [0.1, 0.15) is 5.37 Å². The molecule has 4 aromatic carbocycles. The first kappa shape index (κ1) is 35.8. The van der Waals surface area contributed by atoms with Gasteiger partial charge in [-0.15, -0.1) is 11.8 Å². The van der Waals surface area contributed by atoms with Crippen molar-refractivity contribution in [1.82, 2.24) is 4.90 Å². The minimum atomic E-state index is 0.286. The summed E-state index contributed by atoms with van der Waals surface area (Å²) in [6.45, 7) is 16.8. The molecule has 6 unspecified atom stereocenters. The molecule has 2 aliphatic heterocycles. The molecule has 0 N–H and O–H groups in total. The Morgan fingerprint density at radius 1 is 0.558 bits per heavy atom. The fraction of sp³-hybridized carbons (Fsp3) is 0.500. The maximum Gasteiger partial charge on any atom is 0.102 e. The van der Waals surface area contributed by atoms with E-state index >= 15 is 0 Å². The van der Waals surface area contributed by atoms with Gasteiger partial charge in [0, 0.05) is 35.5 Å². The third-order valence-corrected chi connectivity index (χ3v) is 15.5. The van der Waals surface area contributed by atoms with Crippen LogP contribution in [0.2, 0.25) is 0 Å². The van der Waals surface area contributed by atoms with Crippen molar-refractivity contribution in [2.75, 3.05) is 9.80 Å². The highest BCUT2D eigenvalue weighted by Gasteiger charge is 2.50. The topological polar surface area (TPSA) is 9.72 Å². The lowest BCUT2D eigenvalue weighted by Gasteiger charge is -2.43. The number of hydrogen-bond acceptors (Lipinski definition) is 4. The zero-order chi connectivity index (χ0) is 36.1. The average Bonchev–Trinajstić information content (AvgIpc) is 3.84. The van der Waals surface area contributed by atoms with Crippen molar-refractivity contribution < 1.29 is 0 Å². The number of benzene rings is 4. The Labute approximate surface area is 319 Å². The molecule has 0 spiro atoms. The van der Waals surface area contributed by atoms with Crippen molar-refractivity contribution in [1.29, 1.82) is 0 Å². The molecular formula is C48H61N3S. The van der Waals surface area contributed by atoms with Crippen LogP contribution in [0.5, 0.6) is 0 Å². The first-order valence-corrected chi connectivity index (χ1v) is 21.4. The van der Waals surface area contributed by atoms with E-state index in [1.165, 1.54) is 96.1 Å². The maximum absolute atomic E-state index is 3.04. The summed E-state index contributed by atoms with van der Waals surface area (Å²) in [5, 5.41) is 0.703. The maximum atomic E-state index is 3.04. The first-order valence-electron chi connectivity index (χ1n) is 20.5. The van der Waals surface area contributed by atoms with Crippen molar-refractivity contribution in [3.8, 4) is 0 Å². The van der Waals surface area contributed by atoms with Crippen LogP contribution >= 0.6 is 11.8 Å². The quantitative estimate of drug-likeness (QED) is 0.189. The normalized spacial score (nSPS) is 30.1. The third-order valence-electron chi connectivity index (χ3n) is 13.8. The van der Waals surface area contributed by atoms with E-state index < -0.39 is 0 Å². The van der Waals surface area contributed by atoms with Gasteiger partial charge in [0.2, 0.25) is 0 Å². The number of hydrogen-bond donors (Lipinski definition) is 0. The Kier molecular flexibility index (Phi) is 10.3. The van der Waals surface area contributed by atoms with E-state index in [0.717, 1.165) is 5.92 Å². The van der Waals surface area contributed by atoms with Crippen molar-refractivity contribution in [3.05, 3.63) is 130 Å². The van der Waals surface area contributed by atoms with E-state index in [9.17, 15) is 0 Å². The highest BCUT2D eigenvalue weighted by Crippen LogP contribution is 2.57. The largest absolute Gasteiger partial charge is 0.351 e. The minimum Gasteiger partial charge on any atom is -0.351 e. The monoisotopic (exact) mass is 711 g/mol. The van der Waals surface area contributed by atoms with E-state index in [1.807, 2.05) is 0 Å². The Balaban J connectivity index is 1.08. The summed E-state index contributed by atoms with van der Waals surface area (Å²) in [7, 11) is 0. The zero-order valence-corrected chi connectivity index (χ0v) is 33.6. The molecule has 4 aromatic rings. The molecular weight excluding hydrogens is 651 g/mol. The number of para-hydroxylation sites is 1. The Bertz CT molecular complexity index is 1830. The van der Waals surface area contributed by atoms with Gasteiger partial charge >= 0.3 is 0 Å². The summed E-state index contributed by atoms with van der Waals surface area (Å²) in [5.74, 6) is 1.38. The summed E-state index contributed by atoms with van der Waals surface area (Å²) in [6, 6.07) is 36.9. The van der Waals surface area contributed by atoms with E-state index in [4.69, 9.17) is 0 Å². The smallest absolute Gasteiger partial charge is 0.102 e. The van der Waals surface area contributed by atoms with Crippen LogP contribution in [-0.4, -0.2) is 35.2 Å². The molecule has 52 heavy (non-hydrogen) atoms. The van der Waals surface area contributed by atoms with E-state index in [0.29, 0.717) is 41.5 Å². The van der Waals surface area contributed by atoms with Crippen molar-refractivity contribution in [2.45, 2.75) is 147 Å². The van der Waals surface area contributed by atoms with Crippen LogP contribution < -0.4 is 9.80 Å². The lowest BCUT2D eigenvalue weighted by atomic mass is 9.85. The van der Waals surface area contributed by atoms with Gasteiger partial charge in [0.25, 0.3) is 0 Å². The second-order valence-electron chi connectivity index (χ2n) is 16.9. The lowest BCUT2D eigenvalue weighted by Crippen LogP contribution is -2.50. The van der Waals surface area contributed by atoms with Crippen LogP contribution in [0.4, 0.5) is 11.4 Å². The Morgan fingerprint density at radius 2 is 1.23 bits per heavy atom. The van der Waals surface area contributed by atoms with Crippen LogP contribution in [0, 0.1) is 33.6 Å². The molecule has 4 fully saturated rings. The second kappa shape index (κ2) is 14.9. The molecule has 2 saturated heterocycles.